The summed E-state index contributed by atoms with van der Waals surface area (Å²) in [5, 5.41) is 12.8. The number of carbonyl (C=O) groups is 1. The number of aromatic nitrogens is 4. The van der Waals surface area contributed by atoms with Gasteiger partial charge in [0, 0.05) is 18.5 Å². The minimum atomic E-state index is -0.0271. The third kappa shape index (κ3) is 2.76. The SMILES string of the molecule is CC(C)NC(=O)CSc1nnc2c3ccccc3n(C)c2n1. The third-order valence-corrected chi connectivity index (χ3v) is 4.11. The molecule has 0 saturated carbocycles. The average Bonchev–Trinajstić information content (AvgIpc) is 2.78. The second kappa shape index (κ2) is 5.92. The summed E-state index contributed by atoms with van der Waals surface area (Å²) in [6.07, 6.45) is 0. The van der Waals surface area contributed by atoms with E-state index < -0.39 is 0 Å². The zero-order valence-electron chi connectivity index (χ0n) is 12.7. The van der Waals surface area contributed by atoms with E-state index in [1.807, 2.05) is 49.7 Å². The normalized spacial score (nSPS) is 11.5. The van der Waals surface area contributed by atoms with Crippen LogP contribution in [0, 0.1) is 0 Å². The Bertz CT molecular complexity index is 842. The van der Waals surface area contributed by atoms with Crippen molar-refractivity contribution in [2.45, 2.75) is 25.0 Å². The molecule has 0 bridgehead atoms. The number of hydrogen-bond acceptors (Lipinski definition) is 5. The van der Waals surface area contributed by atoms with E-state index >= 15 is 0 Å². The highest BCUT2D eigenvalue weighted by atomic mass is 32.2. The molecule has 0 fully saturated rings. The molecule has 1 aromatic carbocycles. The molecular formula is C15H17N5OS. The van der Waals surface area contributed by atoms with Crippen molar-refractivity contribution in [2.24, 2.45) is 7.05 Å². The van der Waals surface area contributed by atoms with Gasteiger partial charge in [-0.05, 0) is 19.9 Å². The molecular weight excluding hydrogens is 298 g/mol. The van der Waals surface area contributed by atoms with E-state index in [1.54, 1.807) is 0 Å². The first-order valence-electron chi connectivity index (χ1n) is 7.06. The quantitative estimate of drug-likeness (QED) is 0.747. The van der Waals surface area contributed by atoms with E-state index in [0.717, 1.165) is 22.1 Å². The van der Waals surface area contributed by atoms with Gasteiger partial charge in [-0.25, -0.2) is 4.98 Å². The van der Waals surface area contributed by atoms with Crippen LogP contribution in [0.5, 0.6) is 0 Å². The van der Waals surface area contributed by atoms with Crippen LogP contribution in [0.3, 0.4) is 0 Å². The molecule has 6 nitrogen and oxygen atoms in total. The molecule has 1 amide bonds. The number of nitrogens with one attached hydrogen (secondary N) is 1. The highest BCUT2D eigenvalue weighted by Crippen LogP contribution is 2.25. The molecule has 114 valence electrons. The second-order valence-corrected chi connectivity index (χ2v) is 6.30. The summed E-state index contributed by atoms with van der Waals surface area (Å²) in [5.41, 5.74) is 2.64. The molecule has 0 saturated heterocycles. The summed E-state index contributed by atoms with van der Waals surface area (Å²) in [4.78, 5) is 16.2. The van der Waals surface area contributed by atoms with Gasteiger partial charge in [0.1, 0.15) is 5.52 Å². The summed E-state index contributed by atoms with van der Waals surface area (Å²) in [6, 6.07) is 8.13. The molecule has 7 heteroatoms. The number of hydrogen-bond donors (Lipinski definition) is 1. The van der Waals surface area contributed by atoms with Gasteiger partial charge in [0.25, 0.3) is 0 Å². The maximum atomic E-state index is 11.7. The lowest BCUT2D eigenvalue weighted by Gasteiger charge is -2.07. The highest BCUT2D eigenvalue weighted by Gasteiger charge is 2.13. The number of carbonyl (C=O) groups excluding carboxylic acids is 1. The van der Waals surface area contributed by atoms with Crippen LogP contribution in [0.15, 0.2) is 29.4 Å². The van der Waals surface area contributed by atoms with E-state index in [2.05, 4.69) is 20.5 Å². The molecule has 3 rings (SSSR count). The molecule has 2 aromatic heterocycles. The van der Waals surface area contributed by atoms with E-state index in [4.69, 9.17) is 0 Å². The van der Waals surface area contributed by atoms with Crippen molar-refractivity contribution in [2.75, 3.05) is 5.75 Å². The molecule has 1 N–H and O–H groups in total. The Morgan fingerprint density at radius 3 is 2.86 bits per heavy atom. The minimum Gasteiger partial charge on any atom is -0.353 e. The number of para-hydroxylation sites is 1. The highest BCUT2D eigenvalue weighted by molar-refractivity contribution is 7.99. The molecule has 0 aliphatic carbocycles. The fraction of sp³-hybridized carbons (Fsp3) is 0.333. The van der Waals surface area contributed by atoms with Crippen molar-refractivity contribution in [3.8, 4) is 0 Å². The van der Waals surface area contributed by atoms with Crippen LogP contribution in [0.1, 0.15) is 13.8 Å². The van der Waals surface area contributed by atoms with Crippen molar-refractivity contribution in [1.82, 2.24) is 25.1 Å². The third-order valence-electron chi connectivity index (χ3n) is 3.27. The summed E-state index contributed by atoms with van der Waals surface area (Å²) < 4.78 is 2.00. The van der Waals surface area contributed by atoms with Crippen molar-refractivity contribution < 1.29 is 4.79 Å². The lowest BCUT2D eigenvalue weighted by molar-refractivity contribution is -0.119. The van der Waals surface area contributed by atoms with Crippen LogP contribution in [-0.4, -0.2) is 37.5 Å². The maximum Gasteiger partial charge on any atom is 0.230 e. The predicted molar refractivity (Wildman–Crippen MR) is 87.8 cm³/mol. The zero-order chi connectivity index (χ0) is 15.7. The Kier molecular flexibility index (Phi) is 3.98. The Morgan fingerprint density at radius 2 is 2.09 bits per heavy atom. The topological polar surface area (TPSA) is 72.7 Å². The zero-order valence-corrected chi connectivity index (χ0v) is 13.5. The second-order valence-electron chi connectivity index (χ2n) is 5.35. The largest absolute Gasteiger partial charge is 0.353 e. The van der Waals surface area contributed by atoms with Crippen LogP contribution < -0.4 is 5.32 Å². The first kappa shape index (κ1) is 14.8. The smallest absolute Gasteiger partial charge is 0.230 e. The van der Waals surface area contributed by atoms with E-state index in [9.17, 15) is 4.79 Å². The fourth-order valence-electron chi connectivity index (χ4n) is 2.35. The summed E-state index contributed by atoms with van der Waals surface area (Å²) in [5.74, 6) is 0.260. The maximum absolute atomic E-state index is 11.7. The lowest BCUT2D eigenvalue weighted by atomic mass is 10.2. The van der Waals surface area contributed by atoms with Crippen molar-refractivity contribution in [3.63, 3.8) is 0 Å². The minimum absolute atomic E-state index is 0.0271. The van der Waals surface area contributed by atoms with Gasteiger partial charge in [-0.2, -0.15) is 0 Å². The molecule has 0 aliphatic rings. The number of fused-ring (bicyclic) bond motifs is 3. The van der Waals surface area contributed by atoms with Gasteiger partial charge < -0.3 is 9.88 Å². The van der Waals surface area contributed by atoms with E-state index in [1.165, 1.54) is 11.8 Å². The van der Waals surface area contributed by atoms with Gasteiger partial charge in [0.2, 0.25) is 11.1 Å². The molecule has 0 unspecified atom stereocenters. The van der Waals surface area contributed by atoms with Crippen molar-refractivity contribution >= 4 is 39.7 Å². The van der Waals surface area contributed by atoms with Gasteiger partial charge in [-0.15, -0.1) is 10.2 Å². The Hall–Kier alpha value is -2.15. The average molecular weight is 315 g/mol. The van der Waals surface area contributed by atoms with Crippen molar-refractivity contribution in [1.29, 1.82) is 0 Å². The van der Waals surface area contributed by atoms with Gasteiger partial charge in [0.05, 0.1) is 11.3 Å². The van der Waals surface area contributed by atoms with Gasteiger partial charge in [0.15, 0.2) is 5.65 Å². The van der Waals surface area contributed by atoms with E-state index in [-0.39, 0.29) is 17.7 Å². The van der Waals surface area contributed by atoms with E-state index in [0.29, 0.717) is 5.16 Å². The summed E-state index contributed by atoms with van der Waals surface area (Å²) in [6.45, 7) is 3.87. The van der Waals surface area contributed by atoms with Crippen LogP contribution in [0.2, 0.25) is 0 Å². The molecule has 0 radical (unpaired) electrons. The number of benzene rings is 1. The monoisotopic (exact) mass is 315 g/mol. The summed E-state index contributed by atoms with van der Waals surface area (Å²) in [7, 11) is 1.96. The van der Waals surface area contributed by atoms with Crippen LogP contribution in [0.4, 0.5) is 0 Å². The first-order chi connectivity index (χ1) is 10.6. The lowest BCUT2D eigenvalue weighted by Crippen LogP contribution is -2.31. The fourth-order valence-corrected chi connectivity index (χ4v) is 2.94. The number of rotatable bonds is 4. The van der Waals surface area contributed by atoms with Gasteiger partial charge >= 0.3 is 0 Å². The predicted octanol–water partition coefficient (Wildman–Crippen LogP) is 2.13. The Morgan fingerprint density at radius 1 is 1.32 bits per heavy atom. The number of nitrogens with zero attached hydrogens (tertiary/aromatic N) is 4. The molecule has 22 heavy (non-hydrogen) atoms. The molecule has 0 atom stereocenters. The van der Waals surface area contributed by atoms with Crippen LogP contribution in [0.25, 0.3) is 22.1 Å². The van der Waals surface area contributed by atoms with Crippen molar-refractivity contribution in [3.05, 3.63) is 24.3 Å². The number of aryl methyl sites for hydroxylation is 1. The Balaban J connectivity index is 1.88. The number of amides is 1. The molecule has 3 aromatic rings. The summed E-state index contributed by atoms with van der Waals surface area (Å²) >= 11 is 1.29. The van der Waals surface area contributed by atoms with Gasteiger partial charge in [-0.1, -0.05) is 30.0 Å². The number of thioether (sulfide) groups is 1. The first-order valence-corrected chi connectivity index (χ1v) is 8.05. The van der Waals surface area contributed by atoms with Gasteiger partial charge in [-0.3, -0.25) is 4.79 Å². The van der Waals surface area contributed by atoms with Crippen LogP contribution >= 0.6 is 11.8 Å². The molecule has 2 heterocycles. The Labute approximate surface area is 132 Å². The van der Waals surface area contributed by atoms with Crippen LogP contribution in [-0.2, 0) is 11.8 Å². The molecule has 0 aliphatic heterocycles. The standard InChI is InChI=1S/C15H17N5OS/c1-9(2)16-12(21)8-22-15-17-14-13(18-19-15)10-6-4-5-7-11(10)20(14)3/h4-7,9H,8H2,1-3H3,(H,16,21). The molecule has 0 spiro atoms.